The fourth-order valence-electron chi connectivity index (χ4n) is 4.21. The van der Waals surface area contributed by atoms with Crippen LogP contribution < -0.4 is 5.56 Å². The standard InChI is InChI=1S/C24H21N5O4S/c30-20(16-8-7-11-18(14-16)29(32)33)15-34-24-25-22-21(19-12-5-2-6-13-27(19)24)23(31)28(26-22)17-9-3-1-4-10-17/h1,3-4,7-11,14H,2,5-6,12-13,15H2. The van der Waals surface area contributed by atoms with Crippen LogP contribution in [0.2, 0.25) is 0 Å². The monoisotopic (exact) mass is 475 g/mol. The quantitative estimate of drug-likeness (QED) is 0.135. The van der Waals surface area contributed by atoms with Crippen LogP contribution in [0.5, 0.6) is 0 Å². The van der Waals surface area contributed by atoms with Crippen LogP contribution >= 0.6 is 11.8 Å². The summed E-state index contributed by atoms with van der Waals surface area (Å²) in [6, 6.07) is 15.0. The number of hydrogen-bond acceptors (Lipinski definition) is 7. The van der Waals surface area contributed by atoms with Gasteiger partial charge in [0.05, 0.1) is 16.4 Å². The molecule has 3 aliphatic heterocycles. The number of para-hydroxylation sites is 1. The second kappa shape index (κ2) is 9.22. The lowest BCUT2D eigenvalue weighted by Crippen LogP contribution is -2.19. The van der Waals surface area contributed by atoms with Gasteiger partial charge in [0.15, 0.2) is 16.8 Å². The molecule has 9 nitrogen and oxygen atoms in total. The minimum absolute atomic E-state index is 0.0722. The van der Waals surface area contributed by atoms with Crippen LogP contribution in [0.1, 0.15) is 35.3 Å². The first-order chi connectivity index (χ1) is 16.5. The molecule has 0 saturated carbocycles. The molecule has 5 rings (SSSR count). The zero-order valence-electron chi connectivity index (χ0n) is 18.2. The number of fused-ring (bicyclic) bond motifs is 3. The van der Waals surface area contributed by atoms with Gasteiger partial charge in [-0.2, -0.15) is 4.68 Å². The summed E-state index contributed by atoms with van der Waals surface area (Å²) in [4.78, 5) is 41.3. The Morgan fingerprint density at radius 3 is 2.71 bits per heavy atom. The van der Waals surface area contributed by atoms with Crippen molar-refractivity contribution < 1.29 is 9.72 Å². The van der Waals surface area contributed by atoms with Crippen LogP contribution in [0, 0.1) is 10.1 Å². The smallest absolute Gasteiger partial charge is 0.284 e. The first-order valence-corrected chi connectivity index (χ1v) is 12.0. The second-order valence-electron chi connectivity index (χ2n) is 8.07. The van der Waals surface area contributed by atoms with E-state index in [0.717, 1.165) is 31.4 Å². The fourth-order valence-corrected chi connectivity index (χ4v) is 5.15. The van der Waals surface area contributed by atoms with E-state index >= 15 is 0 Å². The van der Waals surface area contributed by atoms with Gasteiger partial charge in [0, 0.05) is 29.9 Å². The summed E-state index contributed by atoms with van der Waals surface area (Å²) in [7, 11) is 0. The molecule has 0 aromatic heterocycles. The number of non-ortho nitro benzene ring substituents is 1. The molecule has 0 radical (unpaired) electrons. The molecule has 0 atom stereocenters. The SMILES string of the molecule is O=C(CSc1nc2nn(-c3ccccc3)c(=O)c-2c2n1CCCCC2)c1cccc([N+](=O)[O-])c1. The van der Waals surface area contributed by atoms with Gasteiger partial charge in [-0.25, -0.2) is 4.98 Å². The summed E-state index contributed by atoms with van der Waals surface area (Å²) < 4.78 is 3.42. The number of nitrogens with zero attached hydrogens (tertiary/aromatic N) is 5. The van der Waals surface area contributed by atoms with Gasteiger partial charge in [0.2, 0.25) is 0 Å². The van der Waals surface area contributed by atoms with Crippen molar-refractivity contribution >= 4 is 23.2 Å². The number of nitro groups is 1. The van der Waals surface area contributed by atoms with Crippen LogP contribution in [-0.2, 0) is 13.0 Å². The number of benzene rings is 2. The van der Waals surface area contributed by atoms with Crippen molar-refractivity contribution in [3.8, 4) is 17.1 Å². The number of hydrogen-bond donors (Lipinski definition) is 0. The van der Waals surface area contributed by atoms with E-state index in [-0.39, 0.29) is 28.3 Å². The Hall–Kier alpha value is -3.79. The highest BCUT2D eigenvalue weighted by Crippen LogP contribution is 2.31. The summed E-state index contributed by atoms with van der Waals surface area (Å²) in [6.45, 7) is 0.710. The van der Waals surface area contributed by atoms with Crippen LogP contribution in [0.15, 0.2) is 64.5 Å². The predicted molar refractivity (Wildman–Crippen MR) is 128 cm³/mol. The zero-order chi connectivity index (χ0) is 23.7. The van der Waals surface area contributed by atoms with E-state index in [2.05, 4.69) is 10.1 Å². The van der Waals surface area contributed by atoms with Gasteiger partial charge in [-0.15, -0.1) is 5.10 Å². The van der Waals surface area contributed by atoms with E-state index in [1.807, 2.05) is 34.9 Å². The number of nitro benzene ring substituents is 1. The molecule has 3 heterocycles. The van der Waals surface area contributed by atoms with Crippen molar-refractivity contribution in [3.63, 3.8) is 0 Å². The molecular formula is C24H21N5O4S. The van der Waals surface area contributed by atoms with E-state index in [1.54, 1.807) is 6.07 Å². The third kappa shape index (κ3) is 4.12. The van der Waals surface area contributed by atoms with Gasteiger partial charge in [0.25, 0.3) is 11.2 Å². The molecular weight excluding hydrogens is 454 g/mol. The number of Topliss-reactive ketones (excluding diaryl/α,β-unsaturated/α-hetero) is 1. The normalized spacial score (nSPS) is 13.4. The molecule has 34 heavy (non-hydrogen) atoms. The number of thioether (sulfide) groups is 1. The van der Waals surface area contributed by atoms with Gasteiger partial charge >= 0.3 is 0 Å². The predicted octanol–water partition coefficient (Wildman–Crippen LogP) is 4.14. The second-order valence-corrected chi connectivity index (χ2v) is 9.02. The molecule has 2 aromatic rings. The Morgan fingerprint density at radius 1 is 1.09 bits per heavy atom. The van der Waals surface area contributed by atoms with E-state index in [4.69, 9.17) is 0 Å². The third-order valence-corrected chi connectivity index (χ3v) is 6.86. The lowest BCUT2D eigenvalue weighted by Gasteiger charge is -2.17. The number of carbonyl (C=O) groups is 1. The topological polar surface area (TPSA) is 113 Å². The highest BCUT2D eigenvalue weighted by Gasteiger charge is 2.27. The molecule has 0 spiro atoms. The number of rotatable bonds is 6. The summed E-state index contributed by atoms with van der Waals surface area (Å²) in [5.74, 6) is 0.216. The lowest BCUT2D eigenvalue weighted by atomic mass is 10.1. The van der Waals surface area contributed by atoms with E-state index in [9.17, 15) is 19.7 Å². The molecule has 0 N–H and O–H groups in total. The van der Waals surface area contributed by atoms with Crippen molar-refractivity contribution in [2.45, 2.75) is 37.4 Å². The lowest BCUT2D eigenvalue weighted by molar-refractivity contribution is -0.384. The van der Waals surface area contributed by atoms with Gasteiger partial charge in [-0.3, -0.25) is 19.7 Å². The first-order valence-electron chi connectivity index (χ1n) is 11.0. The molecule has 10 heteroatoms. The maximum atomic E-state index is 13.3. The Bertz CT molecular complexity index is 1410. The van der Waals surface area contributed by atoms with Gasteiger partial charge in [0.1, 0.15) is 5.56 Å². The highest BCUT2D eigenvalue weighted by molar-refractivity contribution is 7.99. The molecule has 3 aliphatic rings. The van der Waals surface area contributed by atoms with E-state index < -0.39 is 4.92 Å². The van der Waals surface area contributed by atoms with Crippen LogP contribution in [0.25, 0.3) is 17.1 Å². The summed E-state index contributed by atoms with van der Waals surface area (Å²) in [5, 5.41) is 16.2. The van der Waals surface area contributed by atoms with Gasteiger partial charge in [-0.05, 0) is 31.4 Å². The molecule has 2 aromatic carbocycles. The molecule has 0 unspecified atom stereocenters. The summed E-state index contributed by atoms with van der Waals surface area (Å²) >= 11 is 1.27. The average Bonchev–Trinajstić information content (AvgIpc) is 3.02. The number of ketones is 1. The molecule has 0 aliphatic carbocycles. The minimum Gasteiger partial charge on any atom is -0.324 e. The molecule has 0 fully saturated rings. The maximum Gasteiger partial charge on any atom is 0.284 e. The van der Waals surface area contributed by atoms with E-state index in [1.165, 1.54) is 34.6 Å². The van der Waals surface area contributed by atoms with Crippen molar-refractivity contribution in [1.29, 1.82) is 0 Å². The number of aromatic nitrogens is 4. The van der Waals surface area contributed by atoms with Crippen molar-refractivity contribution in [2.24, 2.45) is 0 Å². The Balaban J connectivity index is 1.52. The molecule has 0 bridgehead atoms. The van der Waals surface area contributed by atoms with Crippen molar-refractivity contribution in [3.05, 3.63) is 86.3 Å². The minimum atomic E-state index is -0.515. The average molecular weight is 476 g/mol. The molecule has 0 saturated heterocycles. The fraction of sp³-hybridized carbons (Fsp3) is 0.250. The maximum absolute atomic E-state index is 13.3. The summed E-state index contributed by atoms with van der Waals surface area (Å²) in [5.41, 5.74) is 2.08. The first kappa shape index (κ1) is 22.0. The van der Waals surface area contributed by atoms with Gasteiger partial charge < -0.3 is 4.57 Å². The Morgan fingerprint density at radius 2 is 1.91 bits per heavy atom. The largest absolute Gasteiger partial charge is 0.324 e. The van der Waals surface area contributed by atoms with Crippen molar-refractivity contribution in [2.75, 3.05) is 5.75 Å². The number of carbonyl (C=O) groups excluding carboxylic acids is 1. The van der Waals surface area contributed by atoms with Crippen molar-refractivity contribution in [1.82, 2.24) is 19.3 Å². The highest BCUT2D eigenvalue weighted by atomic mass is 32.2. The zero-order valence-corrected chi connectivity index (χ0v) is 19.0. The van der Waals surface area contributed by atoms with Crippen LogP contribution in [-0.4, -0.2) is 35.8 Å². The van der Waals surface area contributed by atoms with E-state index in [0.29, 0.717) is 28.8 Å². The Labute approximate surface area is 198 Å². The van der Waals surface area contributed by atoms with Gasteiger partial charge in [-0.1, -0.05) is 48.5 Å². The third-order valence-electron chi connectivity index (χ3n) is 5.88. The molecule has 0 amide bonds. The molecule has 172 valence electrons. The Kier molecular flexibility index (Phi) is 5.97. The van der Waals surface area contributed by atoms with Crippen LogP contribution in [0.4, 0.5) is 5.69 Å². The summed E-state index contributed by atoms with van der Waals surface area (Å²) in [6.07, 6.45) is 3.70. The van der Waals surface area contributed by atoms with Crippen LogP contribution in [0.3, 0.4) is 0 Å².